The average Bonchev–Trinajstić information content (AvgIpc) is 3.23. The first-order chi connectivity index (χ1) is 28.7. The number of amides is 1. The topological polar surface area (TPSA) is 186 Å². The van der Waals surface area contributed by atoms with Gasteiger partial charge in [-0.3, -0.25) is 9.59 Å². The molecule has 7 N–H and O–H groups in total. The smallest absolute Gasteiger partial charge is 0.220 e. The third kappa shape index (κ3) is 28.9. The standard InChI is InChI=1S/C47H90FNO10/c1-2-3-4-5-6-7-8-18-21-24-27-30-33-40(52)43(54)39(37-58-47-46(57)45(56)44(55)41(36-50)59-47)49-42(53)34-31-28-25-22-19-16-14-12-10-9-11-13-15-17-20-23-26-29-32-38(51)35-48/h39-41,43-47,50,52,54-57H,2-37H2,1H3,(H,49,53)/t39-,40+,41+,43-,44-,45-,46+,47-/m0/s1. The minimum Gasteiger partial charge on any atom is -0.394 e. The van der Waals surface area contributed by atoms with Crippen LogP contribution in [0, 0.1) is 0 Å². The van der Waals surface area contributed by atoms with Crippen molar-refractivity contribution in [3.05, 3.63) is 0 Å². The van der Waals surface area contributed by atoms with Gasteiger partial charge in [0.25, 0.3) is 0 Å². The SMILES string of the molecule is CCCCCCCCCCCCCC[C@@H](O)[C@@H](O)[C@H](CO[C@H]1O[C@H](CO)[C@H](O)[C@H](O)[C@H]1O)NC(=O)CCCCCCCCCCCCCCCCCCCCC(=O)CF. The summed E-state index contributed by atoms with van der Waals surface area (Å²) >= 11 is 0. The van der Waals surface area contributed by atoms with Crippen LogP contribution in [0.25, 0.3) is 0 Å². The van der Waals surface area contributed by atoms with E-state index < -0.39 is 62.2 Å². The van der Waals surface area contributed by atoms with E-state index in [0.29, 0.717) is 19.3 Å². The van der Waals surface area contributed by atoms with E-state index in [1.54, 1.807) is 0 Å². The van der Waals surface area contributed by atoms with E-state index in [4.69, 9.17) is 9.47 Å². The van der Waals surface area contributed by atoms with Crippen LogP contribution in [0.2, 0.25) is 0 Å². The van der Waals surface area contributed by atoms with Gasteiger partial charge in [-0.05, 0) is 19.3 Å². The van der Waals surface area contributed by atoms with Crippen LogP contribution in [-0.4, -0.2) is 111 Å². The third-order valence-electron chi connectivity index (χ3n) is 12.1. The summed E-state index contributed by atoms with van der Waals surface area (Å²) in [4.78, 5) is 24.0. The Hall–Kier alpha value is -1.25. The van der Waals surface area contributed by atoms with Gasteiger partial charge in [0.1, 0.15) is 37.2 Å². The van der Waals surface area contributed by atoms with E-state index in [9.17, 15) is 44.6 Å². The molecule has 0 saturated carbocycles. The lowest BCUT2D eigenvalue weighted by Crippen LogP contribution is -2.60. The number of hydrogen-bond acceptors (Lipinski definition) is 10. The molecule has 1 fully saturated rings. The Balaban J connectivity index is 2.29. The van der Waals surface area contributed by atoms with E-state index in [2.05, 4.69) is 12.2 Å². The summed E-state index contributed by atoms with van der Waals surface area (Å²) in [5.41, 5.74) is 0. The zero-order valence-electron chi connectivity index (χ0n) is 37.3. The van der Waals surface area contributed by atoms with Gasteiger partial charge in [0.2, 0.25) is 5.91 Å². The van der Waals surface area contributed by atoms with Crippen LogP contribution in [0.4, 0.5) is 4.39 Å². The van der Waals surface area contributed by atoms with E-state index in [1.165, 1.54) is 122 Å². The van der Waals surface area contributed by atoms with Gasteiger partial charge in [-0.25, -0.2) is 4.39 Å². The lowest BCUT2D eigenvalue weighted by atomic mass is 9.98. The minimum absolute atomic E-state index is 0.266. The third-order valence-corrected chi connectivity index (χ3v) is 12.1. The summed E-state index contributed by atoms with van der Waals surface area (Å²) in [6.45, 7) is 0.487. The number of aliphatic hydroxyl groups is 6. The second kappa shape index (κ2) is 38.4. The maximum atomic E-state index is 13.0. The number of carbonyl (C=O) groups is 2. The molecule has 1 aliphatic heterocycles. The quantitative estimate of drug-likeness (QED) is 0.0294. The van der Waals surface area contributed by atoms with Gasteiger partial charge < -0.3 is 45.4 Å². The zero-order valence-corrected chi connectivity index (χ0v) is 37.3. The first-order valence-electron chi connectivity index (χ1n) is 24.3. The lowest BCUT2D eigenvalue weighted by molar-refractivity contribution is -0.303. The van der Waals surface area contributed by atoms with Crippen molar-refractivity contribution in [1.29, 1.82) is 0 Å². The highest BCUT2D eigenvalue weighted by Crippen LogP contribution is 2.23. The van der Waals surface area contributed by atoms with Gasteiger partial charge in [-0.1, -0.05) is 187 Å². The molecule has 0 unspecified atom stereocenters. The Morgan fingerprint density at radius 1 is 0.593 bits per heavy atom. The van der Waals surface area contributed by atoms with Gasteiger partial charge in [0, 0.05) is 12.8 Å². The molecule has 0 aromatic rings. The Morgan fingerprint density at radius 3 is 1.42 bits per heavy atom. The number of nitrogens with one attached hydrogen (secondary N) is 1. The van der Waals surface area contributed by atoms with Gasteiger partial charge in [0.15, 0.2) is 12.1 Å². The van der Waals surface area contributed by atoms with Crippen molar-refractivity contribution < 1.29 is 54.1 Å². The summed E-state index contributed by atoms with van der Waals surface area (Å²) < 4.78 is 23.3. The molecule has 0 aromatic heterocycles. The molecule has 0 spiro atoms. The summed E-state index contributed by atoms with van der Waals surface area (Å²) in [7, 11) is 0. The van der Waals surface area contributed by atoms with Crippen LogP contribution in [0.1, 0.15) is 219 Å². The fraction of sp³-hybridized carbons (Fsp3) is 0.957. The average molecular weight is 848 g/mol. The molecule has 12 heteroatoms. The van der Waals surface area contributed by atoms with Gasteiger partial charge in [0.05, 0.1) is 25.4 Å². The summed E-state index contributed by atoms with van der Waals surface area (Å²) in [5, 5.41) is 65.1. The molecule has 1 aliphatic rings. The maximum Gasteiger partial charge on any atom is 0.220 e. The highest BCUT2D eigenvalue weighted by Gasteiger charge is 2.44. The van der Waals surface area contributed by atoms with Crippen LogP contribution in [-0.2, 0) is 19.1 Å². The number of aliphatic hydroxyl groups excluding tert-OH is 6. The Labute approximate surface area is 358 Å². The number of rotatable bonds is 42. The van der Waals surface area contributed by atoms with Crippen LogP contribution in [0.3, 0.4) is 0 Å². The minimum atomic E-state index is -1.62. The number of halogens is 1. The number of ketones is 1. The van der Waals surface area contributed by atoms with E-state index in [-0.39, 0.29) is 24.7 Å². The molecule has 11 nitrogen and oxygen atoms in total. The summed E-state index contributed by atoms with van der Waals surface area (Å²) in [6, 6.07) is -1.00. The van der Waals surface area contributed by atoms with Crippen molar-refractivity contribution in [2.75, 3.05) is 19.9 Å². The molecule has 1 heterocycles. The summed E-state index contributed by atoms with van der Waals surface area (Å²) in [6.07, 6.45) is 26.1. The number of Topliss-reactive ketones (excluding diaryl/α,β-unsaturated/α-hetero) is 1. The lowest BCUT2D eigenvalue weighted by Gasteiger charge is -2.40. The molecule has 0 aliphatic carbocycles. The normalized spacial score (nSPS) is 21.1. The van der Waals surface area contributed by atoms with Gasteiger partial charge in [-0.2, -0.15) is 0 Å². The van der Waals surface area contributed by atoms with Crippen LogP contribution in [0.5, 0.6) is 0 Å². The fourth-order valence-electron chi connectivity index (χ4n) is 8.04. The fourth-order valence-corrected chi connectivity index (χ4v) is 8.04. The van der Waals surface area contributed by atoms with Crippen LogP contribution < -0.4 is 5.32 Å². The highest BCUT2D eigenvalue weighted by atomic mass is 19.1. The van der Waals surface area contributed by atoms with Crippen molar-refractivity contribution >= 4 is 11.7 Å². The van der Waals surface area contributed by atoms with E-state index in [0.717, 1.165) is 64.2 Å². The molecule has 350 valence electrons. The molecular weight excluding hydrogens is 758 g/mol. The van der Waals surface area contributed by atoms with Crippen molar-refractivity contribution in [2.24, 2.45) is 0 Å². The molecule has 8 atom stereocenters. The number of ether oxygens (including phenoxy) is 2. The molecule has 0 aromatic carbocycles. The largest absolute Gasteiger partial charge is 0.394 e. The Kier molecular flexibility index (Phi) is 36.3. The second-order valence-electron chi connectivity index (χ2n) is 17.5. The molecule has 0 bridgehead atoms. The number of carbonyl (C=O) groups excluding carboxylic acids is 2. The molecular formula is C47H90FNO10. The predicted molar refractivity (Wildman–Crippen MR) is 233 cm³/mol. The van der Waals surface area contributed by atoms with Crippen molar-refractivity contribution in [3.8, 4) is 0 Å². The molecule has 1 rings (SSSR count). The first kappa shape index (κ1) is 55.8. The molecule has 1 amide bonds. The van der Waals surface area contributed by atoms with E-state index >= 15 is 0 Å². The molecule has 0 radical (unpaired) electrons. The first-order valence-corrected chi connectivity index (χ1v) is 24.3. The molecule has 1 saturated heterocycles. The second-order valence-corrected chi connectivity index (χ2v) is 17.5. The van der Waals surface area contributed by atoms with Gasteiger partial charge in [-0.15, -0.1) is 0 Å². The van der Waals surface area contributed by atoms with Crippen LogP contribution in [0.15, 0.2) is 0 Å². The van der Waals surface area contributed by atoms with Crippen molar-refractivity contribution in [1.82, 2.24) is 5.32 Å². The van der Waals surface area contributed by atoms with Crippen molar-refractivity contribution in [2.45, 2.75) is 268 Å². The zero-order chi connectivity index (χ0) is 43.4. The van der Waals surface area contributed by atoms with Gasteiger partial charge >= 0.3 is 0 Å². The number of hydrogen-bond donors (Lipinski definition) is 7. The highest BCUT2D eigenvalue weighted by molar-refractivity contribution is 5.79. The monoisotopic (exact) mass is 848 g/mol. The molecule has 59 heavy (non-hydrogen) atoms. The number of alkyl halides is 1. The predicted octanol–water partition coefficient (Wildman–Crippen LogP) is 8.44. The van der Waals surface area contributed by atoms with E-state index in [1.807, 2.05) is 0 Å². The maximum absolute atomic E-state index is 13.0. The Morgan fingerprint density at radius 2 is 1.00 bits per heavy atom. The Bertz CT molecular complexity index is 977. The number of unbranched alkanes of at least 4 members (excludes halogenated alkanes) is 28. The van der Waals surface area contributed by atoms with Crippen molar-refractivity contribution in [3.63, 3.8) is 0 Å². The summed E-state index contributed by atoms with van der Waals surface area (Å²) in [5.74, 6) is -0.545. The van der Waals surface area contributed by atoms with Crippen LogP contribution >= 0.6 is 0 Å².